The third kappa shape index (κ3) is 4.35. The van der Waals surface area contributed by atoms with Crippen LogP contribution in [-0.4, -0.2) is 29.3 Å². The monoisotopic (exact) mass is 294 g/mol. The number of aromatic nitrogens is 1. The summed E-state index contributed by atoms with van der Waals surface area (Å²) in [6.45, 7) is 0.400. The van der Waals surface area contributed by atoms with Crippen molar-refractivity contribution in [2.45, 2.75) is 0 Å². The molecule has 0 bridgehead atoms. The van der Waals surface area contributed by atoms with E-state index < -0.39 is 6.09 Å². The van der Waals surface area contributed by atoms with Crippen LogP contribution in [0.4, 0.5) is 4.79 Å². The summed E-state index contributed by atoms with van der Waals surface area (Å²) in [4.78, 5) is 14.0. The second kappa shape index (κ2) is 5.77. The Morgan fingerprint density at radius 3 is 3.00 bits per heavy atom. The fraction of sp³-hybridized carbons (Fsp3) is 0.250. The van der Waals surface area contributed by atoms with E-state index in [-0.39, 0.29) is 18.3 Å². The number of amides is 1. The van der Waals surface area contributed by atoms with Crippen LogP contribution in [0, 0.1) is 0 Å². The molecule has 0 fully saturated rings. The van der Waals surface area contributed by atoms with Gasteiger partial charge in [0.15, 0.2) is 10.9 Å². The van der Waals surface area contributed by atoms with Crippen LogP contribution in [0.2, 0.25) is 5.15 Å². The van der Waals surface area contributed by atoms with Gasteiger partial charge >= 0.3 is 6.09 Å². The van der Waals surface area contributed by atoms with Gasteiger partial charge in [0.1, 0.15) is 11.2 Å². The minimum Gasteiger partial charge on any atom is -0.489 e. The molecule has 0 atom stereocenters. The molecule has 0 spiro atoms. The number of hydrogen-bond acceptors (Lipinski definition) is 3. The molecular weight excluding hydrogens is 287 g/mol. The van der Waals surface area contributed by atoms with Crippen molar-refractivity contribution < 1.29 is 14.6 Å². The number of nitrogens with one attached hydrogen (secondary N) is 1. The molecule has 1 heterocycles. The Kier molecular flexibility index (Phi) is 4.64. The van der Waals surface area contributed by atoms with Crippen LogP contribution < -0.4 is 10.1 Å². The number of hydrogen-bond donors (Lipinski definition) is 2. The van der Waals surface area contributed by atoms with Gasteiger partial charge in [-0.25, -0.2) is 9.78 Å². The molecule has 15 heavy (non-hydrogen) atoms. The normalized spacial score (nSPS) is 9.73. The first-order valence-corrected chi connectivity index (χ1v) is 5.18. The van der Waals surface area contributed by atoms with E-state index in [4.69, 9.17) is 21.4 Å². The van der Waals surface area contributed by atoms with E-state index >= 15 is 0 Å². The highest BCUT2D eigenvalue weighted by atomic mass is 79.9. The summed E-state index contributed by atoms with van der Waals surface area (Å²) in [5, 5.41) is 10.7. The second-order valence-electron chi connectivity index (χ2n) is 2.50. The van der Waals surface area contributed by atoms with Gasteiger partial charge in [0, 0.05) is 0 Å². The first-order valence-electron chi connectivity index (χ1n) is 4.01. The van der Waals surface area contributed by atoms with Crippen LogP contribution in [-0.2, 0) is 0 Å². The van der Waals surface area contributed by atoms with E-state index in [0.717, 1.165) is 0 Å². The fourth-order valence-corrected chi connectivity index (χ4v) is 1.45. The number of carboxylic acid groups (broad SMARTS) is 1. The number of carbonyl (C=O) groups is 1. The quantitative estimate of drug-likeness (QED) is 0.659. The molecule has 1 rings (SSSR count). The summed E-state index contributed by atoms with van der Waals surface area (Å²) >= 11 is 8.92. The summed E-state index contributed by atoms with van der Waals surface area (Å²) in [7, 11) is 0. The zero-order valence-electron chi connectivity index (χ0n) is 7.54. The molecule has 1 aromatic rings. The van der Waals surface area contributed by atoms with Crippen LogP contribution >= 0.6 is 27.5 Å². The number of rotatable bonds is 4. The number of halogens is 2. The first kappa shape index (κ1) is 12.1. The average Bonchev–Trinajstić information content (AvgIpc) is 2.14. The van der Waals surface area contributed by atoms with Gasteiger partial charge in [0.05, 0.1) is 6.54 Å². The van der Waals surface area contributed by atoms with Crippen molar-refractivity contribution >= 4 is 33.6 Å². The molecule has 0 aliphatic carbocycles. The lowest BCUT2D eigenvalue weighted by Gasteiger charge is -2.07. The number of ether oxygens (including phenoxy) is 1. The van der Waals surface area contributed by atoms with Crippen molar-refractivity contribution in [3.05, 3.63) is 21.9 Å². The summed E-state index contributed by atoms with van der Waals surface area (Å²) < 4.78 is 5.82. The third-order valence-corrected chi connectivity index (χ3v) is 2.13. The van der Waals surface area contributed by atoms with E-state index in [1.807, 2.05) is 0 Å². The maximum absolute atomic E-state index is 10.1. The van der Waals surface area contributed by atoms with E-state index in [1.165, 1.54) is 0 Å². The van der Waals surface area contributed by atoms with Crippen molar-refractivity contribution in [3.63, 3.8) is 0 Å². The van der Waals surface area contributed by atoms with Crippen molar-refractivity contribution in [1.82, 2.24) is 10.3 Å². The Morgan fingerprint density at radius 1 is 1.67 bits per heavy atom. The maximum atomic E-state index is 10.1. The minimum absolute atomic E-state index is 0.196. The Labute approximate surface area is 99.5 Å². The van der Waals surface area contributed by atoms with Crippen LogP contribution in [0.3, 0.4) is 0 Å². The molecule has 0 aliphatic rings. The largest absolute Gasteiger partial charge is 0.489 e. The van der Waals surface area contributed by atoms with E-state index in [2.05, 4.69) is 26.2 Å². The standard InChI is InChI=1S/C8H8BrClN2O3/c9-6-2-1-5(7(10)12-6)15-4-3-11-8(13)14/h1-2,11H,3-4H2,(H,13,14). The molecule has 0 aromatic carbocycles. The SMILES string of the molecule is O=C(O)NCCOc1ccc(Br)nc1Cl. The zero-order chi connectivity index (χ0) is 11.3. The molecule has 0 radical (unpaired) electrons. The summed E-state index contributed by atoms with van der Waals surface area (Å²) in [5.41, 5.74) is 0. The van der Waals surface area contributed by atoms with Gasteiger partial charge in [0.2, 0.25) is 0 Å². The van der Waals surface area contributed by atoms with Crippen LogP contribution in [0.5, 0.6) is 5.75 Å². The van der Waals surface area contributed by atoms with Gasteiger partial charge in [-0.15, -0.1) is 0 Å². The van der Waals surface area contributed by atoms with Gasteiger partial charge in [0.25, 0.3) is 0 Å². The Bertz CT molecular complexity index is 362. The van der Waals surface area contributed by atoms with Crippen LogP contribution in [0.25, 0.3) is 0 Å². The lowest BCUT2D eigenvalue weighted by molar-refractivity contribution is 0.191. The second-order valence-corrected chi connectivity index (χ2v) is 3.67. The summed E-state index contributed by atoms with van der Waals surface area (Å²) in [5.74, 6) is 0.423. The van der Waals surface area contributed by atoms with Crippen molar-refractivity contribution in [2.24, 2.45) is 0 Å². The predicted molar refractivity (Wildman–Crippen MR) is 58.5 cm³/mol. The van der Waals surface area contributed by atoms with E-state index in [9.17, 15) is 4.79 Å². The highest BCUT2D eigenvalue weighted by molar-refractivity contribution is 9.10. The molecule has 0 unspecified atom stereocenters. The molecule has 0 saturated heterocycles. The molecule has 0 saturated carbocycles. The van der Waals surface area contributed by atoms with Gasteiger partial charge in [-0.2, -0.15) is 0 Å². The maximum Gasteiger partial charge on any atom is 0.404 e. The Morgan fingerprint density at radius 2 is 2.40 bits per heavy atom. The smallest absolute Gasteiger partial charge is 0.404 e. The molecule has 1 amide bonds. The van der Waals surface area contributed by atoms with Crippen molar-refractivity contribution in [1.29, 1.82) is 0 Å². The Balaban J connectivity index is 2.40. The van der Waals surface area contributed by atoms with Crippen LogP contribution in [0.15, 0.2) is 16.7 Å². The predicted octanol–water partition coefficient (Wildman–Crippen LogP) is 2.14. The van der Waals surface area contributed by atoms with E-state index in [1.54, 1.807) is 12.1 Å². The number of pyridine rings is 1. The van der Waals surface area contributed by atoms with E-state index in [0.29, 0.717) is 10.4 Å². The average molecular weight is 296 g/mol. The molecule has 1 aromatic heterocycles. The Hall–Kier alpha value is -1.01. The highest BCUT2D eigenvalue weighted by Gasteiger charge is 2.03. The summed E-state index contributed by atoms with van der Waals surface area (Å²) in [6, 6.07) is 3.34. The van der Waals surface area contributed by atoms with Gasteiger partial charge in [-0.05, 0) is 28.1 Å². The van der Waals surface area contributed by atoms with Crippen LogP contribution in [0.1, 0.15) is 0 Å². The topological polar surface area (TPSA) is 71.5 Å². The van der Waals surface area contributed by atoms with Crippen molar-refractivity contribution in [2.75, 3.05) is 13.2 Å². The summed E-state index contributed by atoms with van der Waals surface area (Å²) in [6.07, 6.45) is -1.08. The highest BCUT2D eigenvalue weighted by Crippen LogP contribution is 2.23. The lowest BCUT2D eigenvalue weighted by Crippen LogP contribution is -2.26. The molecule has 7 heteroatoms. The lowest BCUT2D eigenvalue weighted by atomic mass is 10.4. The first-order chi connectivity index (χ1) is 7.09. The van der Waals surface area contributed by atoms with Crippen molar-refractivity contribution in [3.8, 4) is 5.75 Å². The molecule has 5 nitrogen and oxygen atoms in total. The van der Waals surface area contributed by atoms with Gasteiger partial charge < -0.3 is 15.2 Å². The number of nitrogens with zero attached hydrogens (tertiary/aromatic N) is 1. The molecule has 0 aliphatic heterocycles. The van der Waals surface area contributed by atoms with Gasteiger partial charge in [-0.3, -0.25) is 0 Å². The molecule has 82 valence electrons. The fourth-order valence-electron chi connectivity index (χ4n) is 0.826. The molecular formula is C8H8BrClN2O3. The van der Waals surface area contributed by atoms with Gasteiger partial charge in [-0.1, -0.05) is 11.6 Å². The zero-order valence-corrected chi connectivity index (χ0v) is 9.88. The minimum atomic E-state index is -1.08. The molecule has 2 N–H and O–H groups in total. The third-order valence-electron chi connectivity index (χ3n) is 1.42.